The molecule has 0 heterocycles. The maximum Gasteiger partial charge on any atom is 0.170 e. The first-order chi connectivity index (χ1) is 9.66. The fraction of sp³-hybridized carbons (Fsp3) is 0.316. The van der Waals surface area contributed by atoms with E-state index in [0.29, 0.717) is 0 Å². The summed E-state index contributed by atoms with van der Waals surface area (Å²) in [6, 6.07) is 14.5. The molecular formula is C19H20O. The first-order valence-corrected chi connectivity index (χ1v) is 7.36. The molecule has 20 heavy (non-hydrogen) atoms. The number of aryl methyl sites for hydroxylation is 3. The van der Waals surface area contributed by atoms with E-state index in [-0.39, 0.29) is 11.7 Å². The van der Waals surface area contributed by atoms with Crippen molar-refractivity contribution in [3.63, 3.8) is 0 Å². The molecule has 1 heteroatoms. The lowest BCUT2D eigenvalue weighted by Gasteiger charge is -2.24. The van der Waals surface area contributed by atoms with Gasteiger partial charge in [-0.1, -0.05) is 36.4 Å². The van der Waals surface area contributed by atoms with Crippen LogP contribution in [0, 0.1) is 13.8 Å². The van der Waals surface area contributed by atoms with E-state index >= 15 is 0 Å². The van der Waals surface area contributed by atoms with Crippen LogP contribution in [0.3, 0.4) is 0 Å². The summed E-state index contributed by atoms with van der Waals surface area (Å²) in [5, 5.41) is 0. The third-order valence-corrected chi connectivity index (χ3v) is 4.48. The van der Waals surface area contributed by atoms with E-state index in [4.69, 9.17) is 0 Å². The van der Waals surface area contributed by atoms with Crippen molar-refractivity contribution >= 4 is 5.78 Å². The third kappa shape index (κ3) is 2.29. The number of rotatable bonds is 2. The molecule has 0 saturated carbocycles. The highest BCUT2D eigenvalue weighted by molar-refractivity contribution is 6.01. The summed E-state index contributed by atoms with van der Waals surface area (Å²) < 4.78 is 0. The highest BCUT2D eigenvalue weighted by Crippen LogP contribution is 2.34. The van der Waals surface area contributed by atoms with Crippen LogP contribution in [0.4, 0.5) is 0 Å². The van der Waals surface area contributed by atoms with Crippen molar-refractivity contribution in [1.29, 1.82) is 0 Å². The van der Waals surface area contributed by atoms with Crippen LogP contribution in [-0.4, -0.2) is 5.78 Å². The number of benzene rings is 2. The van der Waals surface area contributed by atoms with Crippen molar-refractivity contribution < 1.29 is 4.79 Å². The van der Waals surface area contributed by atoms with Gasteiger partial charge in [-0.05, 0) is 61.4 Å². The molecule has 0 N–H and O–H groups in total. The Kier molecular flexibility index (Phi) is 3.43. The number of ketones is 1. The Morgan fingerprint density at radius 3 is 2.65 bits per heavy atom. The standard InChI is InChI=1S/C19H20O/c1-13-10-11-16(12-14(13)2)19(20)18-9-5-7-15-6-3-4-8-17(15)18/h3-4,6,8,10-12,18H,5,7,9H2,1-2H3. The van der Waals surface area contributed by atoms with Gasteiger partial charge in [0.15, 0.2) is 5.78 Å². The summed E-state index contributed by atoms with van der Waals surface area (Å²) in [6.45, 7) is 4.15. The summed E-state index contributed by atoms with van der Waals surface area (Å²) in [5.41, 5.74) is 5.88. The number of carbonyl (C=O) groups excluding carboxylic acids is 1. The Morgan fingerprint density at radius 2 is 1.85 bits per heavy atom. The van der Waals surface area contributed by atoms with E-state index in [2.05, 4.69) is 38.1 Å². The van der Waals surface area contributed by atoms with Gasteiger partial charge in [0, 0.05) is 11.5 Å². The van der Waals surface area contributed by atoms with Crippen LogP contribution in [0.15, 0.2) is 42.5 Å². The fourth-order valence-electron chi connectivity index (χ4n) is 3.12. The predicted molar refractivity (Wildman–Crippen MR) is 82.4 cm³/mol. The van der Waals surface area contributed by atoms with Crippen LogP contribution >= 0.6 is 0 Å². The number of carbonyl (C=O) groups is 1. The number of Topliss-reactive ketones (excluding diaryl/α,β-unsaturated/α-hetero) is 1. The molecule has 0 aromatic heterocycles. The quantitative estimate of drug-likeness (QED) is 0.724. The van der Waals surface area contributed by atoms with Gasteiger partial charge in [0.05, 0.1) is 0 Å². The molecule has 3 rings (SSSR count). The number of hydrogen-bond acceptors (Lipinski definition) is 1. The molecule has 1 aliphatic carbocycles. The molecule has 0 spiro atoms. The predicted octanol–water partition coefficient (Wildman–Crippen LogP) is 4.61. The highest BCUT2D eigenvalue weighted by Gasteiger charge is 2.26. The molecular weight excluding hydrogens is 244 g/mol. The molecule has 1 atom stereocenters. The van der Waals surface area contributed by atoms with Crippen molar-refractivity contribution in [2.45, 2.75) is 39.0 Å². The maximum atomic E-state index is 12.8. The molecule has 2 aromatic rings. The largest absolute Gasteiger partial charge is 0.293 e. The zero-order valence-electron chi connectivity index (χ0n) is 12.1. The molecule has 102 valence electrons. The van der Waals surface area contributed by atoms with E-state index in [1.165, 1.54) is 22.3 Å². The second-order valence-corrected chi connectivity index (χ2v) is 5.81. The SMILES string of the molecule is Cc1ccc(C(=O)C2CCCc3ccccc32)cc1C. The van der Waals surface area contributed by atoms with Gasteiger partial charge >= 0.3 is 0 Å². The van der Waals surface area contributed by atoms with Gasteiger partial charge in [0.1, 0.15) is 0 Å². The normalized spacial score (nSPS) is 17.6. The van der Waals surface area contributed by atoms with Crippen LogP contribution in [0.1, 0.15) is 51.4 Å². The van der Waals surface area contributed by atoms with Crippen molar-refractivity contribution in [3.8, 4) is 0 Å². The molecule has 0 amide bonds. The monoisotopic (exact) mass is 264 g/mol. The lowest BCUT2D eigenvalue weighted by Crippen LogP contribution is -2.18. The highest BCUT2D eigenvalue weighted by atomic mass is 16.1. The van der Waals surface area contributed by atoms with Gasteiger partial charge in [-0.2, -0.15) is 0 Å². The smallest absolute Gasteiger partial charge is 0.170 e. The van der Waals surface area contributed by atoms with Crippen molar-refractivity contribution in [1.82, 2.24) is 0 Å². The Morgan fingerprint density at radius 1 is 1.05 bits per heavy atom. The molecule has 1 unspecified atom stereocenters. The zero-order valence-corrected chi connectivity index (χ0v) is 12.1. The third-order valence-electron chi connectivity index (χ3n) is 4.48. The topological polar surface area (TPSA) is 17.1 Å². The average molecular weight is 264 g/mol. The first-order valence-electron chi connectivity index (χ1n) is 7.36. The average Bonchev–Trinajstić information content (AvgIpc) is 2.49. The maximum absolute atomic E-state index is 12.8. The lowest BCUT2D eigenvalue weighted by atomic mass is 9.78. The summed E-state index contributed by atoms with van der Waals surface area (Å²) in [7, 11) is 0. The second kappa shape index (κ2) is 5.24. The van der Waals surface area contributed by atoms with Crippen LogP contribution in [0.5, 0.6) is 0 Å². The Bertz CT molecular complexity index is 655. The van der Waals surface area contributed by atoms with Crippen LogP contribution in [-0.2, 0) is 6.42 Å². The molecule has 1 nitrogen and oxygen atoms in total. The fourth-order valence-corrected chi connectivity index (χ4v) is 3.12. The number of hydrogen-bond donors (Lipinski definition) is 0. The molecule has 1 aliphatic rings. The van der Waals surface area contributed by atoms with E-state index in [0.717, 1.165) is 24.8 Å². The molecule has 2 aromatic carbocycles. The Labute approximate surface area is 120 Å². The lowest BCUT2D eigenvalue weighted by molar-refractivity contribution is 0.0951. The van der Waals surface area contributed by atoms with Crippen LogP contribution in [0.25, 0.3) is 0 Å². The minimum atomic E-state index is 0.0436. The van der Waals surface area contributed by atoms with Crippen LogP contribution in [0.2, 0.25) is 0 Å². The molecule has 0 bridgehead atoms. The second-order valence-electron chi connectivity index (χ2n) is 5.81. The Balaban J connectivity index is 1.97. The van der Waals surface area contributed by atoms with Gasteiger partial charge in [0.2, 0.25) is 0 Å². The Hall–Kier alpha value is -1.89. The van der Waals surface area contributed by atoms with E-state index in [1.807, 2.05) is 18.2 Å². The van der Waals surface area contributed by atoms with Gasteiger partial charge in [0.25, 0.3) is 0 Å². The molecule has 0 aliphatic heterocycles. The summed E-state index contributed by atoms with van der Waals surface area (Å²) in [6.07, 6.45) is 3.19. The van der Waals surface area contributed by atoms with E-state index in [1.54, 1.807) is 0 Å². The summed E-state index contributed by atoms with van der Waals surface area (Å²) in [4.78, 5) is 12.8. The van der Waals surface area contributed by atoms with Crippen molar-refractivity contribution in [3.05, 3.63) is 70.3 Å². The summed E-state index contributed by atoms with van der Waals surface area (Å²) in [5.74, 6) is 0.322. The molecule has 0 radical (unpaired) electrons. The first kappa shape index (κ1) is 13.1. The van der Waals surface area contributed by atoms with Crippen LogP contribution < -0.4 is 0 Å². The van der Waals surface area contributed by atoms with E-state index < -0.39 is 0 Å². The molecule has 0 saturated heterocycles. The summed E-state index contributed by atoms with van der Waals surface area (Å²) >= 11 is 0. The van der Waals surface area contributed by atoms with Gasteiger partial charge in [-0.3, -0.25) is 4.79 Å². The minimum absolute atomic E-state index is 0.0436. The van der Waals surface area contributed by atoms with Crippen molar-refractivity contribution in [2.75, 3.05) is 0 Å². The van der Waals surface area contributed by atoms with Crippen molar-refractivity contribution in [2.24, 2.45) is 0 Å². The number of fused-ring (bicyclic) bond motifs is 1. The minimum Gasteiger partial charge on any atom is -0.293 e. The van der Waals surface area contributed by atoms with E-state index in [9.17, 15) is 4.79 Å². The molecule has 0 fully saturated rings. The van der Waals surface area contributed by atoms with Gasteiger partial charge < -0.3 is 0 Å². The van der Waals surface area contributed by atoms with Gasteiger partial charge in [-0.25, -0.2) is 0 Å². The van der Waals surface area contributed by atoms with Gasteiger partial charge in [-0.15, -0.1) is 0 Å². The zero-order chi connectivity index (χ0) is 14.1.